The van der Waals surface area contributed by atoms with Crippen LogP contribution in [0.1, 0.15) is 50.5 Å². The molecule has 106 valence electrons. The monoisotopic (exact) mass is 264 g/mol. The van der Waals surface area contributed by atoms with Crippen molar-refractivity contribution in [3.8, 4) is 0 Å². The molecule has 0 aromatic carbocycles. The van der Waals surface area contributed by atoms with Crippen LogP contribution in [0.2, 0.25) is 0 Å². The van der Waals surface area contributed by atoms with Gasteiger partial charge in [-0.3, -0.25) is 9.48 Å². The highest BCUT2D eigenvalue weighted by molar-refractivity contribution is 5.97. The molecule has 3 N–H and O–H groups in total. The van der Waals surface area contributed by atoms with E-state index in [1.165, 1.54) is 12.8 Å². The fourth-order valence-corrected chi connectivity index (χ4v) is 2.89. The van der Waals surface area contributed by atoms with Crippen LogP contribution >= 0.6 is 0 Å². The van der Waals surface area contributed by atoms with E-state index in [4.69, 9.17) is 5.73 Å². The third-order valence-corrected chi connectivity index (χ3v) is 4.08. The fourth-order valence-electron chi connectivity index (χ4n) is 2.89. The molecule has 0 aliphatic heterocycles. The summed E-state index contributed by atoms with van der Waals surface area (Å²) in [5.41, 5.74) is 6.64. The van der Waals surface area contributed by atoms with Crippen molar-refractivity contribution in [3.05, 3.63) is 11.9 Å². The van der Waals surface area contributed by atoms with Crippen molar-refractivity contribution in [2.75, 3.05) is 5.73 Å². The van der Waals surface area contributed by atoms with Crippen molar-refractivity contribution in [3.63, 3.8) is 0 Å². The van der Waals surface area contributed by atoms with Gasteiger partial charge in [0.15, 0.2) is 5.69 Å². The number of nitrogen functional groups attached to an aromatic ring is 1. The Morgan fingerprint density at radius 1 is 1.53 bits per heavy atom. The van der Waals surface area contributed by atoms with Crippen LogP contribution in [-0.2, 0) is 6.54 Å². The van der Waals surface area contributed by atoms with E-state index in [0.29, 0.717) is 17.3 Å². The predicted octanol–water partition coefficient (Wildman–Crippen LogP) is 2.04. The lowest BCUT2D eigenvalue weighted by Crippen LogP contribution is -2.42. The SMILES string of the molecule is CCn1cc(N)c(C(=O)NC2CCC(C)CC2C)n1. The molecule has 0 bridgehead atoms. The Hall–Kier alpha value is -1.52. The normalized spacial score (nSPS) is 27.2. The van der Waals surface area contributed by atoms with E-state index in [1.54, 1.807) is 10.9 Å². The van der Waals surface area contributed by atoms with E-state index < -0.39 is 0 Å². The molecule has 19 heavy (non-hydrogen) atoms. The molecule has 3 unspecified atom stereocenters. The van der Waals surface area contributed by atoms with E-state index in [-0.39, 0.29) is 11.9 Å². The summed E-state index contributed by atoms with van der Waals surface area (Å²) in [7, 11) is 0. The zero-order chi connectivity index (χ0) is 14.0. The zero-order valence-corrected chi connectivity index (χ0v) is 12.0. The summed E-state index contributed by atoms with van der Waals surface area (Å²) >= 11 is 0. The molecular formula is C14H24N4O. The first-order valence-electron chi connectivity index (χ1n) is 7.15. The molecule has 1 aromatic heterocycles. The number of hydrogen-bond donors (Lipinski definition) is 2. The van der Waals surface area contributed by atoms with Gasteiger partial charge < -0.3 is 11.1 Å². The van der Waals surface area contributed by atoms with E-state index in [0.717, 1.165) is 18.9 Å². The average Bonchev–Trinajstić information content (AvgIpc) is 2.74. The van der Waals surface area contributed by atoms with Crippen LogP contribution in [0, 0.1) is 11.8 Å². The molecule has 0 spiro atoms. The summed E-state index contributed by atoms with van der Waals surface area (Å²) in [5, 5.41) is 7.30. The smallest absolute Gasteiger partial charge is 0.274 e. The van der Waals surface area contributed by atoms with Crippen molar-refractivity contribution in [1.29, 1.82) is 0 Å². The number of nitrogens with two attached hydrogens (primary N) is 1. The number of aryl methyl sites for hydroxylation is 1. The molecule has 0 saturated heterocycles. The molecule has 1 saturated carbocycles. The van der Waals surface area contributed by atoms with Crippen LogP contribution in [0.4, 0.5) is 5.69 Å². The Kier molecular flexibility index (Phi) is 4.12. The second-order valence-electron chi connectivity index (χ2n) is 5.76. The summed E-state index contributed by atoms with van der Waals surface area (Å²) in [6, 6.07) is 0.245. The molecule has 3 atom stereocenters. The Balaban J connectivity index is 2.02. The molecule has 1 heterocycles. The van der Waals surface area contributed by atoms with Crippen molar-refractivity contribution in [1.82, 2.24) is 15.1 Å². The third kappa shape index (κ3) is 3.08. The lowest BCUT2D eigenvalue weighted by atomic mass is 9.80. The molecule has 1 amide bonds. The number of nitrogens with zero attached hydrogens (tertiary/aromatic N) is 2. The highest BCUT2D eigenvalue weighted by Crippen LogP contribution is 2.28. The lowest BCUT2D eigenvalue weighted by molar-refractivity contribution is 0.0894. The van der Waals surface area contributed by atoms with Gasteiger partial charge >= 0.3 is 0 Å². The third-order valence-electron chi connectivity index (χ3n) is 4.08. The van der Waals surface area contributed by atoms with Gasteiger partial charge in [0.25, 0.3) is 5.91 Å². The minimum atomic E-state index is -0.142. The van der Waals surface area contributed by atoms with Crippen LogP contribution in [0.15, 0.2) is 6.20 Å². The minimum Gasteiger partial charge on any atom is -0.396 e. The number of carbonyl (C=O) groups is 1. The van der Waals surface area contributed by atoms with Crippen molar-refractivity contribution in [2.45, 2.75) is 52.6 Å². The number of aromatic nitrogens is 2. The molecule has 1 aliphatic rings. The predicted molar refractivity (Wildman–Crippen MR) is 75.7 cm³/mol. The molecule has 1 aliphatic carbocycles. The van der Waals surface area contributed by atoms with Crippen LogP contribution in [-0.4, -0.2) is 21.7 Å². The van der Waals surface area contributed by atoms with E-state index >= 15 is 0 Å². The maximum Gasteiger partial charge on any atom is 0.274 e. The first-order chi connectivity index (χ1) is 9.01. The summed E-state index contributed by atoms with van der Waals surface area (Å²) < 4.78 is 1.69. The minimum absolute atomic E-state index is 0.142. The summed E-state index contributed by atoms with van der Waals surface area (Å²) in [5.74, 6) is 1.13. The molecular weight excluding hydrogens is 240 g/mol. The van der Waals surface area contributed by atoms with Crippen LogP contribution in [0.3, 0.4) is 0 Å². The lowest BCUT2D eigenvalue weighted by Gasteiger charge is -2.32. The number of anilines is 1. The molecule has 5 heteroatoms. The Bertz CT molecular complexity index is 454. The second-order valence-corrected chi connectivity index (χ2v) is 5.76. The first-order valence-corrected chi connectivity index (χ1v) is 7.15. The summed E-state index contributed by atoms with van der Waals surface area (Å²) in [6.45, 7) is 7.16. The Labute approximate surface area is 114 Å². The molecule has 1 fully saturated rings. The number of rotatable bonds is 3. The maximum absolute atomic E-state index is 12.2. The standard InChI is InChI=1S/C14H24N4O/c1-4-18-8-11(15)13(17-18)14(19)16-12-6-5-9(2)7-10(12)3/h8-10,12H,4-7,15H2,1-3H3,(H,16,19). The number of nitrogens with one attached hydrogen (secondary N) is 1. The first kappa shape index (κ1) is 13.9. The van der Waals surface area contributed by atoms with Crippen molar-refractivity contribution >= 4 is 11.6 Å². The van der Waals surface area contributed by atoms with Crippen LogP contribution in [0.5, 0.6) is 0 Å². The van der Waals surface area contributed by atoms with Gasteiger partial charge in [-0.15, -0.1) is 0 Å². The fraction of sp³-hybridized carbons (Fsp3) is 0.714. The summed E-state index contributed by atoms with van der Waals surface area (Å²) in [4.78, 5) is 12.2. The highest BCUT2D eigenvalue weighted by Gasteiger charge is 2.27. The van der Waals surface area contributed by atoms with Gasteiger partial charge in [0, 0.05) is 18.8 Å². The van der Waals surface area contributed by atoms with Gasteiger partial charge in [-0.1, -0.05) is 13.8 Å². The van der Waals surface area contributed by atoms with Crippen LogP contribution < -0.4 is 11.1 Å². The van der Waals surface area contributed by atoms with Gasteiger partial charge in [0.1, 0.15) is 0 Å². The number of carbonyl (C=O) groups excluding carboxylic acids is 1. The van der Waals surface area contributed by atoms with Crippen molar-refractivity contribution in [2.24, 2.45) is 11.8 Å². The maximum atomic E-state index is 12.2. The van der Waals surface area contributed by atoms with E-state index in [2.05, 4.69) is 24.3 Å². The largest absolute Gasteiger partial charge is 0.396 e. The van der Waals surface area contributed by atoms with Gasteiger partial charge in [0.2, 0.25) is 0 Å². The zero-order valence-electron chi connectivity index (χ0n) is 12.0. The number of hydrogen-bond acceptors (Lipinski definition) is 3. The van der Waals surface area contributed by atoms with Crippen molar-refractivity contribution < 1.29 is 4.79 Å². The summed E-state index contributed by atoms with van der Waals surface area (Å²) in [6.07, 6.45) is 5.10. The van der Waals surface area contributed by atoms with Gasteiger partial charge in [-0.2, -0.15) is 5.10 Å². The second kappa shape index (κ2) is 5.63. The van der Waals surface area contributed by atoms with Gasteiger partial charge in [-0.05, 0) is 38.0 Å². The molecule has 5 nitrogen and oxygen atoms in total. The van der Waals surface area contributed by atoms with Crippen LogP contribution in [0.25, 0.3) is 0 Å². The highest BCUT2D eigenvalue weighted by atomic mass is 16.2. The van der Waals surface area contributed by atoms with E-state index in [9.17, 15) is 4.79 Å². The van der Waals surface area contributed by atoms with Gasteiger partial charge in [0.05, 0.1) is 5.69 Å². The topological polar surface area (TPSA) is 72.9 Å². The Morgan fingerprint density at radius 3 is 2.84 bits per heavy atom. The molecule has 1 aromatic rings. The molecule has 2 rings (SSSR count). The van der Waals surface area contributed by atoms with E-state index in [1.807, 2.05) is 6.92 Å². The number of amides is 1. The quantitative estimate of drug-likeness (QED) is 0.877. The Morgan fingerprint density at radius 2 is 2.26 bits per heavy atom. The van der Waals surface area contributed by atoms with Gasteiger partial charge in [-0.25, -0.2) is 0 Å². The molecule has 0 radical (unpaired) electrons. The average molecular weight is 264 g/mol.